The second-order valence-corrected chi connectivity index (χ2v) is 5.73. The van der Waals surface area contributed by atoms with Crippen molar-refractivity contribution in [2.45, 2.75) is 26.7 Å². The lowest BCUT2D eigenvalue weighted by Gasteiger charge is -2.24. The molecule has 2 heterocycles. The van der Waals surface area contributed by atoms with E-state index >= 15 is 0 Å². The average Bonchev–Trinajstić information content (AvgIpc) is 2.92. The monoisotopic (exact) mass is 285 g/mol. The molecular weight excluding hydrogens is 266 g/mol. The van der Waals surface area contributed by atoms with Crippen LogP contribution >= 0.6 is 0 Å². The van der Waals surface area contributed by atoms with Gasteiger partial charge in [0.05, 0.1) is 22.1 Å². The van der Waals surface area contributed by atoms with Gasteiger partial charge in [-0.05, 0) is 31.9 Å². The van der Waals surface area contributed by atoms with Crippen molar-refractivity contribution in [3.05, 3.63) is 30.0 Å². The van der Waals surface area contributed by atoms with Crippen LogP contribution in [0.4, 0.5) is 5.82 Å². The molecule has 1 aromatic carbocycles. The van der Waals surface area contributed by atoms with Crippen molar-refractivity contribution in [1.29, 1.82) is 0 Å². The number of aliphatic carboxylic acids is 1. The fourth-order valence-corrected chi connectivity index (χ4v) is 3.05. The molecule has 0 aliphatic carbocycles. The summed E-state index contributed by atoms with van der Waals surface area (Å²) in [6.07, 6.45) is 1.30. The summed E-state index contributed by atoms with van der Waals surface area (Å²) in [4.78, 5) is 22.9. The Kier molecular flexibility index (Phi) is 3.27. The second kappa shape index (κ2) is 4.98. The van der Waals surface area contributed by atoms with Gasteiger partial charge in [0, 0.05) is 13.1 Å². The van der Waals surface area contributed by atoms with Gasteiger partial charge < -0.3 is 10.0 Å². The zero-order chi connectivity index (χ0) is 15.0. The molecule has 1 fully saturated rings. The van der Waals surface area contributed by atoms with E-state index in [9.17, 15) is 9.90 Å². The molecule has 5 nitrogen and oxygen atoms in total. The van der Waals surface area contributed by atoms with Crippen LogP contribution in [-0.2, 0) is 4.79 Å². The standard InChI is InChI=1S/C16H19N3O2/c1-3-16(15(20)21)8-9-19(10-16)14-11(2)17-12-6-4-5-7-13(12)18-14/h4-7H,3,8-10H2,1-2H3,(H,20,21). The number of anilines is 1. The van der Waals surface area contributed by atoms with Crippen molar-refractivity contribution in [3.63, 3.8) is 0 Å². The van der Waals surface area contributed by atoms with Crippen LogP contribution in [0.2, 0.25) is 0 Å². The number of fused-ring (bicyclic) bond motifs is 1. The Morgan fingerprint density at radius 2 is 2.00 bits per heavy atom. The van der Waals surface area contributed by atoms with E-state index in [1.165, 1.54) is 0 Å². The van der Waals surface area contributed by atoms with Gasteiger partial charge in [-0.15, -0.1) is 0 Å². The maximum Gasteiger partial charge on any atom is 0.311 e. The van der Waals surface area contributed by atoms with E-state index in [2.05, 4.69) is 14.9 Å². The highest BCUT2D eigenvalue weighted by atomic mass is 16.4. The quantitative estimate of drug-likeness (QED) is 0.939. The Labute approximate surface area is 123 Å². The predicted molar refractivity (Wildman–Crippen MR) is 81.5 cm³/mol. The predicted octanol–water partition coefficient (Wildman–Crippen LogP) is 2.63. The lowest BCUT2D eigenvalue weighted by atomic mass is 9.84. The van der Waals surface area contributed by atoms with Crippen LogP contribution in [0.5, 0.6) is 0 Å². The molecule has 1 aliphatic rings. The minimum Gasteiger partial charge on any atom is -0.481 e. The number of aryl methyl sites for hydroxylation is 1. The Balaban J connectivity index is 1.98. The number of carbonyl (C=O) groups is 1. The van der Waals surface area contributed by atoms with Gasteiger partial charge in [-0.25, -0.2) is 9.97 Å². The molecule has 0 bridgehead atoms. The summed E-state index contributed by atoms with van der Waals surface area (Å²) in [5.74, 6) is 0.101. The van der Waals surface area contributed by atoms with Gasteiger partial charge in [0.2, 0.25) is 0 Å². The molecule has 0 radical (unpaired) electrons. The van der Waals surface area contributed by atoms with Crippen LogP contribution < -0.4 is 4.90 Å². The minimum absolute atomic E-state index is 0.507. The van der Waals surface area contributed by atoms with Crippen LogP contribution in [0.15, 0.2) is 24.3 Å². The van der Waals surface area contributed by atoms with E-state index < -0.39 is 11.4 Å². The molecule has 110 valence electrons. The number of hydrogen-bond donors (Lipinski definition) is 1. The smallest absolute Gasteiger partial charge is 0.311 e. The van der Waals surface area contributed by atoms with Gasteiger partial charge in [0.1, 0.15) is 0 Å². The molecule has 5 heteroatoms. The van der Waals surface area contributed by atoms with Crippen molar-refractivity contribution in [1.82, 2.24) is 9.97 Å². The molecule has 0 amide bonds. The first-order chi connectivity index (χ1) is 10.1. The second-order valence-electron chi connectivity index (χ2n) is 5.73. The van der Waals surface area contributed by atoms with Crippen molar-refractivity contribution in [3.8, 4) is 0 Å². The molecular formula is C16H19N3O2. The van der Waals surface area contributed by atoms with Crippen LogP contribution in [-0.4, -0.2) is 34.1 Å². The fourth-order valence-electron chi connectivity index (χ4n) is 3.05. The summed E-state index contributed by atoms with van der Waals surface area (Å²) in [5.41, 5.74) is 1.92. The zero-order valence-corrected chi connectivity index (χ0v) is 12.3. The largest absolute Gasteiger partial charge is 0.481 e. The highest BCUT2D eigenvalue weighted by molar-refractivity contribution is 5.78. The van der Waals surface area contributed by atoms with E-state index in [1.807, 2.05) is 38.1 Å². The lowest BCUT2D eigenvalue weighted by molar-refractivity contribution is -0.147. The SMILES string of the molecule is CCC1(C(=O)O)CCN(c2nc3ccccc3nc2C)C1. The van der Waals surface area contributed by atoms with Crippen molar-refractivity contribution in [2.75, 3.05) is 18.0 Å². The number of hydrogen-bond acceptors (Lipinski definition) is 4. The third kappa shape index (κ3) is 2.22. The number of rotatable bonds is 3. The van der Waals surface area contributed by atoms with Gasteiger partial charge >= 0.3 is 5.97 Å². The summed E-state index contributed by atoms with van der Waals surface area (Å²) >= 11 is 0. The maximum atomic E-state index is 11.6. The number of para-hydroxylation sites is 2. The molecule has 2 aromatic rings. The highest BCUT2D eigenvalue weighted by Gasteiger charge is 2.44. The molecule has 1 aromatic heterocycles. The van der Waals surface area contributed by atoms with Gasteiger partial charge in [-0.2, -0.15) is 0 Å². The molecule has 21 heavy (non-hydrogen) atoms. The fraction of sp³-hybridized carbons (Fsp3) is 0.438. The summed E-state index contributed by atoms with van der Waals surface area (Å²) in [6, 6.07) is 7.76. The van der Waals surface area contributed by atoms with Crippen molar-refractivity contribution < 1.29 is 9.90 Å². The highest BCUT2D eigenvalue weighted by Crippen LogP contribution is 2.37. The third-order valence-corrected chi connectivity index (χ3v) is 4.50. The van der Waals surface area contributed by atoms with Crippen molar-refractivity contribution in [2.24, 2.45) is 5.41 Å². The van der Waals surface area contributed by atoms with Crippen LogP contribution in [0.3, 0.4) is 0 Å². The number of carboxylic acids is 1. The zero-order valence-electron chi connectivity index (χ0n) is 12.3. The number of carboxylic acid groups (broad SMARTS) is 1. The van der Waals surface area contributed by atoms with Crippen LogP contribution in [0.1, 0.15) is 25.5 Å². The van der Waals surface area contributed by atoms with Crippen LogP contribution in [0.25, 0.3) is 11.0 Å². The summed E-state index contributed by atoms with van der Waals surface area (Å²) < 4.78 is 0. The van der Waals surface area contributed by atoms with E-state index in [0.717, 1.165) is 22.5 Å². The molecule has 1 atom stereocenters. The Morgan fingerprint density at radius 3 is 2.57 bits per heavy atom. The molecule has 1 unspecified atom stereocenters. The summed E-state index contributed by atoms with van der Waals surface area (Å²) in [7, 11) is 0. The van der Waals surface area contributed by atoms with E-state index in [1.54, 1.807) is 0 Å². The first-order valence-electron chi connectivity index (χ1n) is 7.27. The topological polar surface area (TPSA) is 66.3 Å². The van der Waals surface area contributed by atoms with Gasteiger partial charge in [-0.3, -0.25) is 4.79 Å². The Morgan fingerprint density at radius 1 is 1.33 bits per heavy atom. The Hall–Kier alpha value is -2.17. The lowest BCUT2D eigenvalue weighted by Crippen LogP contribution is -2.34. The summed E-state index contributed by atoms with van der Waals surface area (Å²) in [5, 5.41) is 9.51. The van der Waals surface area contributed by atoms with E-state index in [0.29, 0.717) is 25.9 Å². The normalized spacial score (nSPS) is 21.9. The van der Waals surface area contributed by atoms with Crippen molar-refractivity contribution >= 4 is 22.8 Å². The average molecular weight is 285 g/mol. The van der Waals surface area contributed by atoms with E-state index in [-0.39, 0.29) is 0 Å². The molecule has 0 spiro atoms. The first kappa shape index (κ1) is 13.8. The number of nitrogens with zero attached hydrogens (tertiary/aromatic N) is 3. The van der Waals surface area contributed by atoms with Gasteiger partial charge in [0.25, 0.3) is 0 Å². The molecule has 3 rings (SSSR count). The van der Waals surface area contributed by atoms with Gasteiger partial charge in [0.15, 0.2) is 5.82 Å². The number of benzene rings is 1. The molecule has 0 saturated carbocycles. The van der Waals surface area contributed by atoms with Crippen LogP contribution in [0, 0.1) is 12.3 Å². The molecule has 1 saturated heterocycles. The third-order valence-electron chi connectivity index (χ3n) is 4.50. The molecule has 1 aliphatic heterocycles. The molecule has 1 N–H and O–H groups in total. The van der Waals surface area contributed by atoms with E-state index in [4.69, 9.17) is 0 Å². The minimum atomic E-state index is -0.709. The van der Waals surface area contributed by atoms with Gasteiger partial charge in [-0.1, -0.05) is 19.1 Å². The Bertz CT molecular complexity index is 701. The first-order valence-corrected chi connectivity index (χ1v) is 7.27. The maximum absolute atomic E-state index is 11.6. The summed E-state index contributed by atoms with van der Waals surface area (Å²) in [6.45, 7) is 5.10. The number of aromatic nitrogens is 2.